The first-order chi connectivity index (χ1) is 23.7. The first kappa shape index (κ1) is 54.6. The van der Waals surface area contributed by atoms with Crippen LogP contribution in [0.15, 0.2) is 30.0 Å². The zero-order chi connectivity index (χ0) is 37.6. The summed E-state index contributed by atoms with van der Waals surface area (Å²) >= 11 is 0. The summed E-state index contributed by atoms with van der Waals surface area (Å²) in [6.45, 7) is 27.7. The van der Waals surface area contributed by atoms with Crippen LogP contribution in [0.25, 0.3) is 0 Å². The lowest BCUT2D eigenvalue weighted by atomic mass is 9.95. The van der Waals surface area contributed by atoms with Gasteiger partial charge in [0.1, 0.15) is 0 Å². The standard InChI is InChI=1S/C18H32.C12H22.C12H26.C7H16/c1-5-7-8-9-10-11-12-13-14-15-18(6-2)16-17(3)4;1-4-6-7-8-9-10-11-12(3)5-2;1-4-6-7-8-9-11-12(3)10-5-2;1-3-5-7-6-4-2/h2,18H,3,5,7-16H2,1,4H3;2,4,6-11H2,1,3H3;12H,4-11H2,1-3H3;3-7H2,1-2H3. The van der Waals surface area contributed by atoms with Gasteiger partial charge < -0.3 is 0 Å². The third-order valence-corrected chi connectivity index (χ3v) is 9.48. The van der Waals surface area contributed by atoms with E-state index in [1.807, 2.05) is 0 Å². The van der Waals surface area contributed by atoms with Gasteiger partial charge in [-0.3, -0.25) is 0 Å². The van der Waals surface area contributed by atoms with Crippen molar-refractivity contribution >= 4 is 0 Å². The lowest BCUT2D eigenvalue weighted by molar-refractivity contribution is 0.453. The van der Waals surface area contributed by atoms with Crippen molar-refractivity contribution in [1.29, 1.82) is 0 Å². The predicted molar refractivity (Wildman–Crippen MR) is 232 cm³/mol. The van der Waals surface area contributed by atoms with Gasteiger partial charge in [-0.05, 0) is 51.0 Å². The van der Waals surface area contributed by atoms with Crippen molar-refractivity contribution in [2.45, 2.75) is 261 Å². The van der Waals surface area contributed by atoms with Gasteiger partial charge in [0.25, 0.3) is 0 Å². The molecule has 0 aromatic carbocycles. The Balaban J connectivity index is -0.000000289. The Labute approximate surface area is 314 Å². The van der Waals surface area contributed by atoms with E-state index >= 15 is 0 Å². The molecule has 0 nitrogen and oxygen atoms in total. The Morgan fingerprint density at radius 2 is 0.837 bits per heavy atom. The Morgan fingerprint density at radius 1 is 0.490 bits per heavy atom. The van der Waals surface area contributed by atoms with Gasteiger partial charge in [0.05, 0.1) is 0 Å². The first-order valence-corrected chi connectivity index (χ1v) is 22.2. The topological polar surface area (TPSA) is 0 Å². The van der Waals surface area contributed by atoms with Crippen molar-refractivity contribution in [3.63, 3.8) is 0 Å². The van der Waals surface area contributed by atoms with E-state index in [9.17, 15) is 0 Å². The summed E-state index contributed by atoms with van der Waals surface area (Å²) in [5, 5.41) is 0. The second-order valence-electron chi connectivity index (χ2n) is 15.3. The normalized spacial score (nSPS) is 11.3. The summed E-state index contributed by atoms with van der Waals surface area (Å²) in [6, 6.07) is 0. The minimum absolute atomic E-state index is 0.423. The number of unbranched alkanes of at least 4 members (excludes halogenated alkanes) is 21. The van der Waals surface area contributed by atoms with Crippen LogP contribution in [0.3, 0.4) is 0 Å². The first-order valence-electron chi connectivity index (χ1n) is 22.2. The molecule has 0 bridgehead atoms. The van der Waals surface area contributed by atoms with Crippen molar-refractivity contribution < 1.29 is 0 Å². The van der Waals surface area contributed by atoms with E-state index in [1.54, 1.807) is 0 Å². The molecule has 0 N–H and O–H groups in total. The number of rotatable bonds is 31. The molecule has 0 amide bonds. The van der Waals surface area contributed by atoms with E-state index in [-0.39, 0.29) is 0 Å². The zero-order valence-electron chi connectivity index (χ0n) is 36.1. The summed E-state index contributed by atoms with van der Waals surface area (Å²) in [7, 11) is 0. The quantitative estimate of drug-likeness (QED) is 0.0295. The molecule has 292 valence electrons. The van der Waals surface area contributed by atoms with Crippen LogP contribution >= 0.6 is 0 Å². The fraction of sp³-hybridized carbons (Fsp3) is 0.857. The van der Waals surface area contributed by atoms with E-state index in [1.165, 1.54) is 204 Å². The third kappa shape index (κ3) is 59.3. The number of hydrogen-bond acceptors (Lipinski definition) is 0. The predicted octanol–water partition coefficient (Wildman–Crippen LogP) is 18.4. The van der Waals surface area contributed by atoms with Crippen LogP contribution in [-0.4, -0.2) is 0 Å². The fourth-order valence-corrected chi connectivity index (χ4v) is 6.04. The van der Waals surface area contributed by atoms with Crippen LogP contribution in [-0.2, 0) is 0 Å². The molecule has 0 heterocycles. The molecule has 2 atom stereocenters. The summed E-state index contributed by atoms with van der Waals surface area (Å²) in [5.74, 6) is 4.29. The van der Waals surface area contributed by atoms with Gasteiger partial charge >= 0.3 is 0 Å². The van der Waals surface area contributed by atoms with E-state index in [2.05, 4.69) is 87.1 Å². The van der Waals surface area contributed by atoms with Gasteiger partial charge in [0.15, 0.2) is 0 Å². The number of allylic oxidation sites excluding steroid dienone is 2. The highest BCUT2D eigenvalue weighted by Crippen LogP contribution is 2.18. The second-order valence-corrected chi connectivity index (χ2v) is 15.3. The minimum Gasteiger partial charge on any atom is -0.130 e. The van der Waals surface area contributed by atoms with Crippen molar-refractivity contribution in [3.05, 3.63) is 30.0 Å². The molecule has 0 aliphatic heterocycles. The Morgan fingerprint density at radius 3 is 1.18 bits per heavy atom. The van der Waals surface area contributed by atoms with E-state index in [4.69, 9.17) is 6.42 Å². The maximum Gasteiger partial charge on any atom is 0.0237 e. The summed E-state index contributed by atoms with van der Waals surface area (Å²) in [6.07, 6.45) is 48.0. The maximum atomic E-state index is 5.54. The molecular formula is C49H96. The lowest BCUT2D eigenvalue weighted by Gasteiger charge is -2.10. The summed E-state index contributed by atoms with van der Waals surface area (Å²) in [4.78, 5) is 0. The molecule has 2 unspecified atom stereocenters. The monoisotopic (exact) mass is 685 g/mol. The smallest absolute Gasteiger partial charge is 0.0237 e. The Hall–Kier alpha value is -1.18. The summed E-state index contributed by atoms with van der Waals surface area (Å²) < 4.78 is 0. The molecule has 0 saturated heterocycles. The van der Waals surface area contributed by atoms with Crippen molar-refractivity contribution in [2.24, 2.45) is 11.8 Å². The van der Waals surface area contributed by atoms with E-state index in [0.29, 0.717) is 5.92 Å². The molecule has 0 heteroatoms. The van der Waals surface area contributed by atoms with Gasteiger partial charge in [0, 0.05) is 5.92 Å². The fourth-order valence-electron chi connectivity index (χ4n) is 6.04. The van der Waals surface area contributed by atoms with Crippen molar-refractivity contribution in [2.75, 3.05) is 0 Å². The molecule has 0 saturated carbocycles. The van der Waals surface area contributed by atoms with Gasteiger partial charge in [-0.15, -0.1) is 24.7 Å². The molecule has 0 aliphatic carbocycles. The van der Waals surface area contributed by atoms with Crippen LogP contribution in [0.2, 0.25) is 0 Å². The Kier molecular flexibility index (Phi) is 57.0. The third-order valence-electron chi connectivity index (χ3n) is 9.48. The molecule has 49 heavy (non-hydrogen) atoms. The van der Waals surface area contributed by atoms with Crippen LogP contribution in [0.4, 0.5) is 0 Å². The van der Waals surface area contributed by atoms with Gasteiger partial charge in [-0.1, -0.05) is 234 Å². The molecule has 0 rings (SSSR count). The van der Waals surface area contributed by atoms with Crippen LogP contribution in [0.5, 0.6) is 0 Å². The maximum absolute atomic E-state index is 5.54. The molecule has 0 aliphatic rings. The van der Waals surface area contributed by atoms with Crippen molar-refractivity contribution in [1.82, 2.24) is 0 Å². The molecule has 0 aromatic rings. The largest absolute Gasteiger partial charge is 0.130 e. The highest BCUT2D eigenvalue weighted by Gasteiger charge is 2.04. The van der Waals surface area contributed by atoms with Gasteiger partial charge in [0.2, 0.25) is 0 Å². The molecule has 0 radical (unpaired) electrons. The van der Waals surface area contributed by atoms with Crippen LogP contribution < -0.4 is 0 Å². The zero-order valence-corrected chi connectivity index (χ0v) is 36.1. The molecular weight excluding hydrogens is 589 g/mol. The molecule has 0 spiro atoms. The van der Waals surface area contributed by atoms with E-state index in [0.717, 1.165) is 12.3 Å². The number of terminal acetylenes is 1. The van der Waals surface area contributed by atoms with Crippen LogP contribution in [0, 0.1) is 24.2 Å². The van der Waals surface area contributed by atoms with Gasteiger partial charge in [-0.2, -0.15) is 0 Å². The highest BCUT2D eigenvalue weighted by atomic mass is 14.1. The van der Waals surface area contributed by atoms with Crippen molar-refractivity contribution in [3.8, 4) is 12.3 Å². The Bertz CT molecular complexity index is 679. The lowest BCUT2D eigenvalue weighted by Crippen LogP contribution is -1.97. The minimum atomic E-state index is 0.423. The average molecular weight is 685 g/mol. The summed E-state index contributed by atoms with van der Waals surface area (Å²) in [5.41, 5.74) is 5.46. The van der Waals surface area contributed by atoms with Gasteiger partial charge in [-0.25, -0.2) is 0 Å². The molecule has 0 aromatic heterocycles. The average Bonchev–Trinajstić information content (AvgIpc) is 3.09. The number of hydrogen-bond donors (Lipinski definition) is 0. The molecule has 0 fully saturated rings. The van der Waals surface area contributed by atoms with E-state index < -0.39 is 0 Å². The highest BCUT2D eigenvalue weighted by molar-refractivity contribution is 5.01. The second kappa shape index (κ2) is 51.2. The van der Waals surface area contributed by atoms with Crippen LogP contribution in [0.1, 0.15) is 261 Å². The SMILES string of the molecule is C#CC(CCCCCCCCCCC)CC(=C)C.C=C=C(C)CCCCCCCC.CCCCCCC.CCCCCCCC(C)CCC.